The molecule has 0 atom stereocenters. The van der Waals surface area contributed by atoms with Gasteiger partial charge >= 0.3 is 0 Å². The number of nitrogens with one attached hydrogen (secondary N) is 1. The van der Waals surface area contributed by atoms with Crippen LogP contribution in [0.5, 0.6) is 5.75 Å². The zero-order chi connectivity index (χ0) is 17.6. The number of ether oxygens (including phenoxy) is 1. The van der Waals surface area contributed by atoms with Crippen molar-refractivity contribution >= 4 is 49.1 Å². The number of para-hydroxylation sites is 1. The van der Waals surface area contributed by atoms with Gasteiger partial charge in [-0.15, -0.1) is 0 Å². The zero-order valence-corrected chi connectivity index (χ0v) is 17.2. The van der Waals surface area contributed by atoms with Gasteiger partial charge in [-0.05, 0) is 57.9 Å². The van der Waals surface area contributed by atoms with Crippen LogP contribution in [-0.4, -0.2) is 0 Å². The fraction of sp³-hybridized carbons (Fsp3) is 0.100. The first kappa shape index (κ1) is 18.3. The van der Waals surface area contributed by atoms with Crippen molar-refractivity contribution in [2.75, 3.05) is 5.32 Å². The Balaban J connectivity index is 1.76. The van der Waals surface area contributed by atoms with Gasteiger partial charge in [-0.1, -0.05) is 57.9 Å². The molecule has 2 nitrogen and oxygen atoms in total. The Morgan fingerprint density at radius 2 is 1.64 bits per heavy atom. The van der Waals surface area contributed by atoms with Crippen LogP contribution in [0.25, 0.3) is 0 Å². The summed E-state index contributed by atoms with van der Waals surface area (Å²) in [5.74, 6) is 0.835. The molecule has 0 aliphatic carbocycles. The summed E-state index contributed by atoms with van der Waals surface area (Å²) in [4.78, 5) is 0. The van der Waals surface area contributed by atoms with Gasteiger partial charge in [0.25, 0.3) is 0 Å². The van der Waals surface area contributed by atoms with Gasteiger partial charge in [0.1, 0.15) is 12.4 Å². The minimum absolute atomic E-state index is 0.482. The van der Waals surface area contributed by atoms with E-state index in [1.54, 1.807) is 0 Å². The van der Waals surface area contributed by atoms with Crippen LogP contribution in [0.1, 0.15) is 11.1 Å². The lowest BCUT2D eigenvalue weighted by Crippen LogP contribution is -2.04. The maximum atomic E-state index is 6.09. The van der Waals surface area contributed by atoms with Crippen LogP contribution in [-0.2, 0) is 13.2 Å². The molecule has 0 aliphatic heterocycles. The molecule has 0 saturated heterocycles. The van der Waals surface area contributed by atoms with E-state index in [2.05, 4.69) is 43.2 Å². The third-order valence-electron chi connectivity index (χ3n) is 3.64. The molecule has 25 heavy (non-hydrogen) atoms. The predicted molar refractivity (Wildman–Crippen MR) is 111 cm³/mol. The van der Waals surface area contributed by atoms with Crippen LogP contribution in [0.4, 0.5) is 5.69 Å². The molecule has 3 rings (SSSR count). The number of rotatable bonds is 6. The zero-order valence-electron chi connectivity index (χ0n) is 13.3. The highest BCUT2D eigenvalue weighted by Crippen LogP contribution is 2.34. The van der Waals surface area contributed by atoms with E-state index >= 15 is 0 Å². The summed E-state index contributed by atoms with van der Waals surface area (Å²) in [6, 6.07) is 21.8. The van der Waals surface area contributed by atoms with Crippen molar-refractivity contribution < 1.29 is 4.74 Å². The maximum Gasteiger partial charge on any atom is 0.139 e. The largest absolute Gasteiger partial charge is 0.487 e. The molecule has 3 aromatic rings. The summed E-state index contributed by atoms with van der Waals surface area (Å²) in [6.45, 7) is 1.15. The summed E-state index contributed by atoms with van der Waals surface area (Å²) in [5.41, 5.74) is 3.21. The number of anilines is 1. The first-order chi connectivity index (χ1) is 12.1. The number of hydrogen-bond acceptors (Lipinski definition) is 2. The van der Waals surface area contributed by atoms with Crippen molar-refractivity contribution in [1.82, 2.24) is 0 Å². The molecular weight excluding hydrogens is 465 g/mol. The van der Waals surface area contributed by atoms with Crippen LogP contribution in [0.3, 0.4) is 0 Å². The SMILES string of the molecule is Clc1ccc(COc2c(Br)cc(Br)cc2CNc2ccccc2)cc1. The van der Waals surface area contributed by atoms with Gasteiger partial charge in [-0.2, -0.15) is 0 Å². The smallest absolute Gasteiger partial charge is 0.139 e. The van der Waals surface area contributed by atoms with Crippen molar-refractivity contribution in [3.8, 4) is 5.75 Å². The molecule has 0 amide bonds. The average molecular weight is 482 g/mol. The third-order valence-corrected chi connectivity index (χ3v) is 4.94. The lowest BCUT2D eigenvalue weighted by molar-refractivity contribution is 0.301. The first-order valence-corrected chi connectivity index (χ1v) is 9.72. The van der Waals surface area contributed by atoms with Gasteiger partial charge in [-0.25, -0.2) is 0 Å². The van der Waals surface area contributed by atoms with Crippen molar-refractivity contribution in [3.05, 3.63) is 91.8 Å². The van der Waals surface area contributed by atoms with Crippen LogP contribution < -0.4 is 10.1 Å². The van der Waals surface area contributed by atoms with E-state index in [1.807, 2.05) is 60.7 Å². The molecule has 0 unspecified atom stereocenters. The van der Waals surface area contributed by atoms with Gasteiger partial charge in [0.05, 0.1) is 4.47 Å². The number of halogens is 3. The second kappa shape index (κ2) is 8.75. The van der Waals surface area contributed by atoms with Crippen LogP contribution in [0.2, 0.25) is 5.02 Å². The Labute approximate surface area is 169 Å². The van der Waals surface area contributed by atoms with E-state index in [9.17, 15) is 0 Å². The third kappa shape index (κ3) is 5.24. The van der Waals surface area contributed by atoms with Gasteiger partial charge in [0.2, 0.25) is 0 Å². The van der Waals surface area contributed by atoms with E-state index in [-0.39, 0.29) is 0 Å². The maximum absolute atomic E-state index is 6.09. The van der Waals surface area contributed by atoms with Crippen molar-refractivity contribution in [3.63, 3.8) is 0 Å². The Morgan fingerprint density at radius 3 is 2.36 bits per heavy atom. The summed E-state index contributed by atoms with van der Waals surface area (Å²) >= 11 is 13.1. The monoisotopic (exact) mass is 479 g/mol. The van der Waals surface area contributed by atoms with Gasteiger partial charge in [0.15, 0.2) is 0 Å². The Morgan fingerprint density at radius 1 is 0.920 bits per heavy atom. The highest BCUT2D eigenvalue weighted by atomic mass is 79.9. The van der Waals surface area contributed by atoms with E-state index in [0.29, 0.717) is 13.2 Å². The van der Waals surface area contributed by atoms with E-state index in [4.69, 9.17) is 16.3 Å². The molecule has 0 fully saturated rings. The molecule has 0 aromatic heterocycles. The number of hydrogen-bond donors (Lipinski definition) is 1. The lowest BCUT2D eigenvalue weighted by Gasteiger charge is -2.15. The molecule has 0 radical (unpaired) electrons. The highest BCUT2D eigenvalue weighted by molar-refractivity contribution is 9.11. The minimum atomic E-state index is 0.482. The number of benzene rings is 3. The summed E-state index contributed by atoms with van der Waals surface area (Å²) < 4.78 is 8.01. The summed E-state index contributed by atoms with van der Waals surface area (Å²) in [5, 5.41) is 4.15. The van der Waals surface area contributed by atoms with Crippen molar-refractivity contribution in [2.24, 2.45) is 0 Å². The minimum Gasteiger partial charge on any atom is -0.487 e. The fourth-order valence-corrected chi connectivity index (χ4v) is 3.95. The van der Waals surface area contributed by atoms with E-state index < -0.39 is 0 Å². The van der Waals surface area contributed by atoms with Gasteiger partial charge in [0, 0.05) is 27.3 Å². The Hall–Kier alpha value is -1.49. The molecule has 0 bridgehead atoms. The standard InChI is InChI=1S/C20H16Br2ClNO/c21-16-10-15(12-24-18-4-2-1-3-5-18)20(19(22)11-16)25-13-14-6-8-17(23)9-7-14/h1-11,24H,12-13H2. The molecule has 5 heteroatoms. The second-order valence-electron chi connectivity index (χ2n) is 5.51. The lowest BCUT2D eigenvalue weighted by atomic mass is 10.2. The molecular formula is C20H16Br2ClNO. The molecule has 128 valence electrons. The molecule has 3 aromatic carbocycles. The van der Waals surface area contributed by atoms with Crippen LogP contribution >= 0.6 is 43.5 Å². The fourth-order valence-electron chi connectivity index (χ4n) is 2.40. The van der Waals surface area contributed by atoms with Gasteiger partial charge < -0.3 is 10.1 Å². The van der Waals surface area contributed by atoms with Gasteiger partial charge in [-0.3, -0.25) is 0 Å². The Kier molecular flexibility index (Phi) is 6.40. The topological polar surface area (TPSA) is 21.3 Å². The van der Waals surface area contributed by atoms with Crippen molar-refractivity contribution in [1.29, 1.82) is 0 Å². The molecule has 0 heterocycles. The molecule has 0 spiro atoms. The van der Waals surface area contributed by atoms with E-state index in [0.717, 1.165) is 36.5 Å². The normalized spacial score (nSPS) is 10.5. The molecule has 0 aliphatic rings. The van der Waals surface area contributed by atoms with Crippen LogP contribution in [0.15, 0.2) is 75.7 Å². The Bertz CT molecular complexity index is 838. The summed E-state index contributed by atoms with van der Waals surface area (Å²) in [7, 11) is 0. The first-order valence-electron chi connectivity index (χ1n) is 7.76. The van der Waals surface area contributed by atoms with Crippen LogP contribution in [0, 0.1) is 0 Å². The highest BCUT2D eigenvalue weighted by Gasteiger charge is 2.11. The average Bonchev–Trinajstić information content (AvgIpc) is 2.61. The van der Waals surface area contributed by atoms with Crippen molar-refractivity contribution in [2.45, 2.75) is 13.2 Å². The summed E-state index contributed by atoms with van der Waals surface area (Å²) in [6.07, 6.45) is 0. The predicted octanol–water partition coefficient (Wildman–Crippen LogP) is 7.06. The quantitative estimate of drug-likeness (QED) is 0.407. The second-order valence-corrected chi connectivity index (χ2v) is 7.72. The molecule has 0 saturated carbocycles. The molecule has 1 N–H and O–H groups in total. The van der Waals surface area contributed by atoms with E-state index in [1.165, 1.54) is 0 Å².